The Labute approximate surface area is 40.0 Å². The zero-order valence-corrected chi connectivity index (χ0v) is 4.46. The van der Waals surface area contributed by atoms with Crippen LogP contribution in [0.5, 0.6) is 0 Å². The van der Waals surface area contributed by atoms with Crippen LogP contribution in [0.1, 0.15) is 0 Å². The van der Waals surface area contributed by atoms with Gasteiger partial charge in [-0.25, -0.2) is 9.82 Å². The van der Waals surface area contributed by atoms with Gasteiger partial charge in [0.15, 0.2) is 0 Å². The minimum absolute atomic E-state index is 0.941. The topological polar surface area (TPSA) is 76.0 Å². The molecule has 0 aliphatic carbocycles. The highest BCUT2D eigenvalue weighted by atomic mass is 31.2. The average molecular weight is 128 g/mol. The van der Waals surface area contributed by atoms with Gasteiger partial charge < -0.3 is 4.89 Å². The van der Waals surface area contributed by atoms with Crippen LogP contribution in [0.3, 0.4) is 0 Å². The summed E-state index contributed by atoms with van der Waals surface area (Å²) in [7, 11) is -3.16. The van der Waals surface area contributed by atoms with Crippen molar-refractivity contribution in [2.75, 3.05) is 7.11 Å². The van der Waals surface area contributed by atoms with Crippen molar-refractivity contribution >= 4 is 7.82 Å². The molecule has 0 spiro atoms. The fourth-order valence-corrected chi connectivity index (χ4v) is 0.100. The van der Waals surface area contributed by atoms with Crippen molar-refractivity contribution in [3.8, 4) is 0 Å². The molecule has 0 saturated carbocycles. The second kappa shape index (κ2) is 2.40. The molecule has 0 aromatic carbocycles. The van der Waals surface area contributed by atoms with E-state index < -0.39 is 7.82 Å². The number of phosphoric acid groups is 1. The molecule has 1 unspecified atom stereocenters. The van der Waals surface area contributed by atoms with Crippen molar-refractivity contribution in [1.82, 2.24) is 0 Å². The number of rotatable bonds is 2. The van der Waals surface area contributed by atoms with Crippen molar-refractivity contribution in [3.63, 3.8) is 0 Å². The van der Waals surface area contributed by atoms with Gasteiger partial charge in [0, 0.05) is 7.11 Å². The molecule has 7 heavy (non-hydrogen) atoms. The lowest BCUT2D eigenvalue weighted by molar-refractivity contribution is -0.160. The predicted molar refractivity (Wildman–Crippen MR) is 20.5 cm³/mol. The van der Waals surface area contributed by atoms with Crippen molar-refractivity contribution in [3.05, 3.63) is 0 Å². The van der Waals surface area contributed by atoms with Crippen LogP contribution in [-0.4, -0.2) is 17.3 Å². The van der Waals surface area contributed by atoms with E-state index in [1.807, 2.05) is 0 Å². The van der Waals surface area contributed by atoms with E-state index in [0.29, 0.717) is 0 Å². The highest BCUT2D eigenvalue weighted by molar-refractivity contribution is 7.47. The minimum atomic E-state index is -4.10. The van der Waals surface area contributed by atoms with E-state index in [4.69, 9.17) is 10.2 Å². The first-order valence-electron chi connectivity index (χ1n) is 1.34. The van der Waals surface area contributed by atoms with Crippen molar-refractivity contribution in [2.45, 2.75) is 0 Å². The van der Waals surface area contributed by atoms with E-state index in [2.05, 4.69) is 9.20 Å². The summed E-state index contributed by atoms with van der Waals surface area (Å²) in [5.41, 5.74) is 0. The van der Waals surface area contributed by atoms with E-state index >= 15 is 0 Å². The third kappa shape index (κ3) is 2.73. The van der Waals surface area contributed by atoms with Crippen LogP contribution in [0, 0.1) is 0 Å². The minimum Gasteiger partial charge on any atom is -0.301 e. The first kappa shape index (κ1) is 7.07. The van der Waals surface area contributed by atoms with Gasteiger partial charge in [-0.3, -0.25) is 4.52 Å². The summed E-state index contributed by atoms with van der Waals surface area (Å²) in [4.78, 5) is 7.99. The second-order valence-electron chi connectivity index (χ2n) is 0.733. The van der Waals surface area contributed by atoms with Gasteiger partial charge in [0.05, 0.1) is 0 Å². The molecule has 6 heteroatoms. The van der Waals surface area contributed by atoms with Crippen LogP contribution in [0.25, 0.3) is 0 Å². The highest BCUT2D eigenvalue weighted by Crippen LogP contribution is 2.40. The molecule has 2 N–H and O–H groups in total. The molecule has 0 aromatic heterocycles. The second-order valence-corrected chi connectivity index (χ2v) is 2.20. The van der Waals surface area contributed by atoms with Crippen molar-refractivity contribution in [2.24, 2.45) is 0 Å². The molecule has 0 rings (SSSR count). The standard InChI is InChI=1S/CH5O5P/c1-5-7(3,4)6-2/h2H,1H3,(H,3,4). The maximum Gasteiger partial charge on any atom is 0.499 e. The fourth-order valence-electron chi connectivity index (χ4n) is 0.0333. The summed E-state index contributed by atoms with van der Waals surface area (Å²) in [6, 6.07) is 0. The van der Waals surface area contributed by atoms with E-state index in [1.54, 1.807) is 0 Å². The monoisotopic (exact) mass is 128 g/mol. The molecule has 0 aliphatic rings. The summed E-state index contributed by atoms with van der Waals surface area (Å²) >= 11 is 0. The normalized spacial score (nSPS) is 18.7. The van der Waals surface area contributed by atoms with Gasteiger partial charge in [-0.2, -0.15) is 0 Å². The molecule has 0 amide bonds. The molecule has 0 aliphatic heterocycles. The van der Waals surface area contributed by atoms with E-state index in [-0.39, 0.29) is 0 Å². The Morgan fingerprint density at radius 1 is 1.71 bits per heavy atom. The molecule has 5 nitrogen and oxygen atoms in total. The Hall–Kier alpha value is 0.0700. The summed E-state index contributed by atoms with van der Waals surface area (Å²) < 4.78 is 16.5. The summed E-state index contributed by atoms with van der Waals surface area (Å²) in [6.07, 6.45) is 0. The van der Waals surface area contributed by atoms with Gasteiger partial charge in [0.1, 0.15) is 0 Å². The molecular formula is CH5O5P. The first-order chi connectivity index (χ1) is 3.12. The van der Waals surface area contributed by atoms with Crippen LogP contribution in [0.2, 0.25) is 0 Å². The van der Waals surface area contributed by atoms with Gasteiger partial charge in [-0.15, -0.1) is 4.67 Å². The average Bonchev–Trinajstić information content (AvgIpc) is 1.68. The summed E-state index contributed by atoms with van der Waals surface area (Å²) in [6.45, 7) is 0. The first-order valence-corrected chi connectivity index (χ1v) is 2.83. The molecule has 0 saturated heterocycles. The third-order valence-corrected chi connectivity index (χ3v) is 1.00. The molecule has 0 radical (unpaired) electrons. The van der Waals surface area contributed by atoms with Crippen molar-refractivity contribution in [1.29, 1.82) is 0 Å². The Kier molecular flexibility index (Phi) is 2.42. The van der Waals surface area contributed by atoms with E-state index in [0.717, 1.165) is 7.11 Å². The molecular weight excluding hydrogens is 123 g/mol. The lowest BCUT2D eigenvalue weighted by Gasteiger charge is -1.99. The van der Waals surface area contributed by atoms with Crippen LogP contribution in [-0.2, 0) is 13.8 Å². The number of hydrogen-bond donors (Lipinski definition) is 2. The van der Waals surface area contributed by atoms with E-state index in [9.17, 15) is 4.57 Å². The lowest BCUT2D eigenvalue weighted by atomic mass is 11.8. The molecule has 44 valence electrons. The fraction of sp³-hybridized carbons (Fsp3) is 1.00. The molecule has 0 heterocycles. The Bertz CT molecular complexity index is 80.1. The maximum atomic E-state index is 9.81. The third-order valence-electron chi connectivity index (χ3n) is 0.334. The molecule has 0 aromatic rings. The largest absolute Gasteiger partial charge is 0.499 e. The van der Waals surface area contributed by atoms with Gasteiger partial charge in [0.25, 0.3) is 0 Å². The van der Waals surface area contributed by atoms with Gasteiger partial charge in [-0.1, -0.05) is 0 Å². The summed E-state index contributed by atoms with van der Waals surface area (Å²) in [5.74, 6) is 0. The SMILES string of the molecule is COP(=O)(O)OO. The smallest absolute Gasteiger partial charge is 0.301 e. The lowest BCUT2D eigenvalue weighted by Crippen LogP contribution is -1.83. The summed E-state index contributed by atoms with van der Waals surface area (Å²) in [5, 5.41) is 7.46. The predicted octanol–water partition coefficient (Wildman–Crippen LogP) is 0.223. The van der Waals surface area contributed by atoms with Crippen LogP contribution >= 0.6 is 7.82 Å². The highest BCUT2D eigenvalue weighted by Gasteiger charge is 2.16. The Balaban J connectivity index is 3.61. The molecule has 0 bridgehead atoms. The van der Waals surface area contributed by atoms with Gasteiger partial charge >= 0.3 is 7.82 Å². The zero-order chi connectivity index (χ0) is 5.91. The Morgan fingerprint density at radius 3 is 2.14 bits per heavy atom. The quantitative estimate of drug-likeness (QED) is 0.316. The van der Waals surface area contributed by atoms with Gasteiger partial charge in [-0.05, 0) is 0 Å². The zero-order valence-electron chi connectivity index (χ0n) is 3.57. The van der Waals surface area contributed by atoms with Crippen LogP contribution in [0.4, 0.5) is 0 Å². The number of hydrogen-bond acceptors (Lipinski definition) is 4. The molecule has 1 atom stereocenters. The van der Waals surface area contributed by atoms with Crippen LogP contribution < -0.4 is 0 Å². The maximum absolute atomic E-state index is 9.81. The van der Waals surface area contributed by atoms with E-state index in [1.165, 1.54) is 0 Å². The molecule has 0 fully saturated rings. The number of phosphoric ester groups is 1. The van der Waals surface area contributed by atoms with Crippen molar-refractivity contribution < 1.29 is 23.9 Å². The van der Waals surface area contributed by atoms with Crippen LogP contribution in [0.15, 0.2) is 0 Å². The Morgan fingerprint density at radius 2 is 2.14 bits per heavy atom. The van der Waals surface area contributed by atoms with Gasteiger partial charge in [0.2, 0.25) is 0 Å².